The molecule has 1 aliphatic rings. The third kappa shape index (κ3) is 14.3. The van der Waals surface area contributed by atoms with E-state index in [2.05, 4.69) is 18.9 Å². The van der Waals surface area contributed by atoms with Gasteiger partial charge in [0.05, 0.1) is 40.6 Å². The van der Waals surface area contributed by atoms with E-state index in [1.807, 2.05) is 42.5 Å². The molecule has 3 unspecified atom stereocenters. The second-order valence-electron chi connectivity index (χ2n) is 8.07. The second kappa shape index (κ2) is 19.6. The largest absolute Gasteiger partial charge is 0.508 e. The number of halogens is 1. The molecule has 232 valence electrons. The maximum Gasteiger partial charge on any atom is 0.508 e. The first-order valence-electron chi connectivity index (χ1n) is 12.1. The summed E-state index contributed by atoms with van der Waals surface area (Å²) in [5, 5.41) is 15.6. The van der Waals surface area contributed by atoms with Crippen LogP contribution in [0.25, 0.3) is 0 Å². The lowest BCUT2D eigenvalue weighted by Gasteiger charge is -2.34. The number of benzene rings is 2. The van der Waals surface area contributed by atoms with Crippen LogP contribution in [0.1, 0.15) is 30.1 Å². The zero-order chi connectivity index (χ0) is 31.5. The lowest BCUT2D eigenvalue weighted by atomic mass is 9.95. The average molecular weight is 617 g/mol. The van der Waals surface area contributed by atoms with E-state index in [-0.39, 0.29) is 13.2 Å². The minimum atomic E-state index is -1.25. The van der Waals surface area contributed by atoms with Gasteiger partial charge in [-0.15, -0.1) is 0 Å². The molecule has 0 aliphatic carbocycles. The molecule has 0 aromatic heterocycles. The Morgan fingerprint density at radius 2 is 1.45 bits per heavy atom. The first kappa shape index (κ1) is 35.6. The van der Waals surface area contributed by atoms with Gasteiger partial charge in [0, 0.05) is 23.4 Å². The molecular weight excluding hydrogens is 584 g/mol. The van der Waals surface area contributed by atoms with E-state index in [1.54, 1.807) is 6.07 Å². The van der Waals surface area contributed by atoms with Gasteiger partial charge in [0.15, 0.2) is 0 Å². The Morgan fingerprint density at radius 1 is 0.857 bits per heavy atom. The summed E-state index contributed by atoms with van der Waals surface area (Å²) in [5.74, 6) is 0.731. The highest BCUT2D eigenvalue weighted by Gasteiger charge is 2.34. The average Bonchev–Trinajstić information content (AvgIpc) is 3.00. The fraction of sp³-hybridized carbons (Fsp3) is 0.407. The van der Waals surface area contributed by atoms with Crippen molar-refractivity contribution in [3.63, 3.8) is 0 Å². The first-order chi connectivity index (χ1) is 20.0. The topological polar surface area (TPSA) is 183 Å². The normalized spacial score (nSPS) is 16.9. The number of rotatable bonds is 7. The van der Waals surface area contributed by atoms with Crippen molar-refractivity contribution in [1.82, 2.24) is 0 Å². The van der Waals surface area contributed by atoms with Gasteiger partial charge in [-0.25, -0.2) is 19.2 Å². The molecule has 2 N–H and O–H groups in total. The Hall–Kier alpha value is -4.43. The summed E-state index contributed by atoms with van der Waals surface area (Å²) in [6.45, 7) is 0.238. The summed E-state index contributed by atoms with van der Waals surface area (Å²) < 4.78 is 38.8. The molecule has 3 rings (SSSR count). The molecule has 0 bridgehead atoms. The number of ether oxygens (including phenoxy) is 8. The van der Waals surface area contributed by atoms with Gasteiger partial charge in [0.25, 0.3) is 0 Å². The van der Waals surface area contributed by atoms with Crippen molar-refractivity contribution < 1.29 is 67.3 Å². The first-order valence-corrected chi connectivity index (χ1v) is 12.5. The Labute approximate surface area is 246 Å². The van der Waals surface area contributed by atoms with Gasteiger partial charge in [-0.2, -0.15) is 0 Å². The van der Waals surface area contributed by atoms with E-state index in [1.165, 1.54) is 14.2 Å². The van der Waals surface area contributed by atoms with Crippen LogP contribution in [0.2, 0.25) is 5.02 Å². The maximum atomic E-state index is 11.6. The minimum absolute atomic E-state index is 0.0399. The SMILES string of the molecule is COC(=O)O.COC(=O)O.COC(=O)OCC1CC(OC(=O)OC)CC(c2ccc(Cl)c(COc3ccccc3)c2)O1. The number of methoxy groups -OCH3 is 4. The predicted molar refractivity (Wildman–Crippen MR) is 145 cm³/mol. The van der Waals surface area contributed by atoms with Crippen molar-refractivity contribution in [3.8, 4) is 5.75 Å². The van der Waals surface area contributed by atoms with Crippen molar-refractivity contribution >= 4 is 36.2 Å². The molecule has 1 aliphatic heterocycles. The fourth-order valence-corrected chi connectivity index (χ4v) is 3.55. The van der Waals surface area contributed by atoms with Crippen molar-refractivity contribution in [2.24, 2.45) is 0 Å². The molecule has 1 fully saturated rings. The van der Waals surface area contributed by atoms with Gasteiger partial charge in [-0.1, -0.05) is 35.9 Å². The highest BCUT2D eigenvalue weighted by Crippen LogP contribution is 2.35. The fourth-order valence-electron chi connectivity index (χ4n) is 3.38. The molecule has 0 spiro atoms. The summed E-state index contributed by atoms with van der Waals surface area (Å²) in [6, 6.07) is 14.9. The van der Waals surface area contributed by atoms with E-state index in [0.29, 0.717) is 17.9 Å². The van der Waals surface area contributed by atoms with Crippen LogP contribution < -0.4 is 4.74 Å². The lowest BCUT2D eigenvalue weighted by Crippen LogP contribution is -2.37. The van der Waals surface area contributed by atoms with Gasteiger partial charge in [-0.3, -0.25) is 0 Å². The Bertz CT molecular complexity index is 1110. The summed E-state index contributed by atoms with van der Waals surface area (Å²) in [6.07, 6.45) is -4.73. The highest BCUT2D eigenvalue weighted by molar-refractivity contribution is 6.31. The van der Waals surface area contributed by atoms with Crippen LogP contribution in [0.15, 0.2) is 48.5 Å². The monoisotopic (exact) mass is 616 g/mol. The molecule has 0 saturated carbocycles. The van der Waals surface area contributed by atoms with Crippen LogP contribution in [-0.4, -0.2) is 82.1 Å². The summed E-state index contributed by atoms with van der Waals surface area (Å²) in [4.78, 5) is 41.3. The van der Waals surface area contributed by atoms with Crippen LogP contribution in [0, 0.1) is 0 Å². The molecule has 1 heterocycles. The number of carbonyl (C=O) groups excluding carboxylic acids is 2. The molecule has 3 atom stereocenters. The maximum absolute atomic E-state index is 11.6. The van der Waals surface area contributed by atoms with Crippen LogP contribution in [0.4, 0.5) is 19.2 Å². The smallest absolute Gasteiger partial charge is 0.489 e. The number of hydrogen-bond acceptors (Lipinski definition) is 12. The van der Waals surface area contributed by atoms with Crippen LogP contribution in [-0.2, 0) is 39.8 Å². The lowest BCUT2D eigenvalue weighted by molar-refractivity contribution is -0.124. The predicted octanol–water partition coefficient (Wildman–Crippen LogP) is 5.70. The second-order valence-corrected chi connectivity index (χ2v) is 8.48. The van der Waals surface area contributed by atoms with Gasteiger partial charge < -0.3 is 48.1 Å². The van der Waals surface area contributed by atoms with Crippen LogP contribution >= 0.6 is 11.6 Å². The molecular formula is C27H33ClO14. The summed E-state index contributed by atoms with van der Waals surface area (Å²) in [7, 11) is 4.67. The third-order valence-corrected chi connectivity index (χ3v) is 5.64. The molecule has 2 aromatic rings. The van der Waals surface area contributed by atoms with Gasteiger partial charge in [0.2, 0.25) is 0 Å². The summed E-state index contributed by atoms with van der Waals surface area (Å²) >= 11 is 6.37. The number of carbonyl (C=O) groups is 4. The molecule has 2 aromatic carbocycles. The summed E-state index contributed by atoms with van der Waals surface area (Å²) in [5.41, 5.74) is 1.62. The van der Waals surface area contributed by atoms with E-state index in [0.717, 1.165) is 31.1 Å². The van der Waals surface area contributed by atoms with Gasteiger partial charge >= 0.3 is 24.6 Å². The number of para-hydroxylation sites is 1. The Balaban J connectivity index is 0.000000759. The van der Waals surface area contributed by atoms with Crippen LogP contribution in [0.5, 0.6) is 5.75 Å². The zero-order valence-corrected chi connectivity index (χ0v) is 24.1. The third-order valence-electron chi connectivity index (χ3n) is 5.27. The zero-order valence-electron chi connectivity index (χ0n) is 23.4. The Morgan fingerprint density at radius 3 is 2.00 bits per heavy atom. The minimum Gasteiger partial charge on any atom is -0.489 e. The van der Waals surface area contributed by atoms with Gasteiger partial charge in [0.1, 0.15) is 25.1 Å². The van der Waals surface area contributed by atoms with Crippen molar-refractivity contribution in [2.45, 2.75) is 37.8 Å². The molecule has 15 heteroatoms. The highest BCUT2D eigenvalue weighted by atomic mass is 35.5. The van der Waals surface area contributed by atoms with E-state index in [9.17, 15) is 9.59 Å². The molecule has 14 nitrogen and oxygen atoms in total. The van der Waals surface area contributed by atoms with Crippen molar-refractivity contribution in [3.05, 3.63) is 64.7 Å². The molecule has 0 amide bonds. The van der Waals surface area contributed by atoms with E-state index >= 15 is 0 Å². The van der Waals surface area contributed by atoms with E-state index < -0.39 is 42.9 Å². The van der Waals surface area contributed by atoms with Crippen molar-refractivity contribution in [2.75, 3.05) is 35.0 Å². The molecule has 0 radical (unpaired) electrons. The number of hydrogen-bond donors (Lipinski definition) is 2. The van der Waals surface area contributed by atoms with Crippen molar-refractivity contribution in [1.29, 1.82) is 0 Å². The Kier molecular flexibility index (Phi) is 16.6. The molecule has 42 heavy (non-hydrogen) atoms. The standard InChI is InChI=1S/C23H25ClO8.2C2H4O3/c1-27-22(25)30-14-19-11-18(32-23(26)28-2)12-21(31-19)15-8-9-20(24)16(10-15)13-29-17-6-4-3-5-7-17;2*1-5-2(3)4/h3-10,18-19,21H,11-14H2,1-2H3;2*1H3,(H,3,4). The van der Waals surface area contributed by atoms with Crippen LogP contribution in [0.3, 0.4) is 0 Å². The van der Waals surface area contributed by atoms with E-state index in [4.69, 9.17) is 50.4 Å². The van der Waals surface area contributed by atoms with Gasteiger partial charge in [-0.05, 0) is 29.8 Å². The quantitative estimate of drug-likeness (QED) is 0.285. The number of carboxylic acid groups (broad SMARTS) is 2. The molecule has 1 saturated heterocycles.